The van der Waals surface area contributed by atoms with Crippen LogP contribution in [0.5, 0.6) is 0 Å². The van der Waals surface area contributed by atoms with Crippen molar-refractivity contribution in [2.45, 2.75) is 77.4 Å². The molecule has 0 aromatic heterocycles. The number of nitrogens with one attached hydrogen (secondary N) is 1. The van der Waals surface area contributed by atoms with Crippen LogP contribution in [0.3, 0.4) is 0 Å². The number of ether oxygens (including phenoxy) is 1. The van der Waals surface area contributed by atoms with Gasteiger partial charge in [-0.1, -0.05) is 39.0 Å². The van der Waals surface area contributed by atoms with E-state index >= 15 is 0 Å². The zero-order valence-corrected chi connectivity index (χ0v) is 17.2. The molecule has 0 fully saturated rings. The van der Waals surface area contributed by atoms with Gasteiger partial charge >= 0.3 is 5.97 Å². The van der Waals surface area contributed by atoms with Gasteiger partial charge in [0, 0.05) is 11.3 Å². The van der Waals surface area contributed by atoms with Crippen molar-refractivity contribution in [3.05, 3.63) is 29.8 Å². The van der Waals surface area contributed by atoms with E-state index in [2.05, 4.69) is 39.2 Å². The van der Waals surface area contributed by atoms with Crippen molar-refractivity contribution in [2.75, 3.05) is 5.32 Å². The second-order valence-electron chi connectivity index (χ2n) is 9.04. The van der Waals surface area contributed by atoms with Gasteiger partial charge in [-0.05, 0) is 45.0 Å². The van der Waals surface area contributed by atoms with E-state index in [9.17, 15) is 4.79 Å². The van der Waals surface area contributed by atoms with Gasteiger partial charge in [-0.15, -0.1) is 0 Å². The van der Waals surface area contributed by atoms with Crippen LogP contribution >= 0.6 is 0 Å². The monoisotopic (exact) mass is 349 g/mol. The summed E-state index contributed by atoms with van der Waals surface area (Å²) in [6, 6.07) is 7.47. The Balaban J connectivity index is 2.33. The summed E-state index contributed by atoms with van der Waals surface area (Å²) in [5, 5.41) is 3.38. The molecule has 1 aliphatic heterocycles. The maximum atomic E-state index is 12.7. The number of hydrogen-bond donors (Lipinski definition) is 1. The van der Waals surface area contributed by atoms with E-state index in [-0.39, 0.29) is 17.1 Å². The molecule has 1 N–H and O–H groups in total. The minimum atomic E-state index is -2.03. The first kappa shape index (κ1) is 19.0. The van der Waals surface area contributed by atoms with Gasteiger partial charge in [0.05, 0.1) is 0 Å². The molecule has 0 aliphatic carbocycles. The highest BCUT2D eigenvalue weighted by Crippen LogP contribution is 2.45. The molecule has 24 heavy (non-hydrogen) atoms. The summed E-state index contributed by atoms with van der Waals surface area (Å²) in [4.78, 5) is 12.7. The maximum Gasteiger partial charge on any atom is 0.332 e. The number of fused-ring (bicyclic) bond motifs is 1. The number of esters is 1. The minimum Gasteiger partial charge on any atom is -0.458 e. The quantitative estimate of drug-likeness (QED) is 0.624. The maximum absolute atomic E-state index is 12.7. The summed E-state index contributed by atoms with van der Waals surface area (Å²) in [5.74, 6) is -0.262. The van der Waals surface area contributed by atoms with Gasteiger partial charge in [-0.2, -0.15) is 0 Å². The lowest BCUT2D eigenvalue weighted by Crippen LogP contribution is -2.46. The van der Waals surface area contributed by atoms with Crippen LogP contribution in [0.25, 0.3) is 0 Å². The highest BCUT2D eigenvalue weighted by atomic mass is 28.4. The van der Waals surface area contributed by atoms with Crippen molar-refractivity contribution >= 4 is 20.0 Å². The van der Waals surface area contributed by atoms with E-state index in [4.69, 9.17) is 9.16 Å². The average Bonchev–Trinajstić information content (AvgIpc) is 2.74. The van der Waals surface area contributed by atoms with Gasteiger partial charge in [-0.25, -0.2) is 4.79 Å². The Morgan fingerprint density at radius 2 is 1.67 bits per heavy atom. The lowest BCUT2D eigenvalue weighted by atomic mass is 10.1. The lowest BCUT2D eigenvalue weighted by molar-refractivity contribution is -0.157. The molecule has 134 valence electrons. The molecule has 0 radical (unpaired) electrons. The van der Waals surface area contributed by atoms with E-state index < -0.39 is 20.0 Å². The molecule has 0 saturated carbocycles. The van der Waals surface area contributed by atoms with Crippen molar-refractivity contribution in [3.8, 4) is 0 Å². The molecule has 0 spiro atoms. The highest BCUT2D eigenvalue weighted by Gasteiger charge is 2.46. The first-order chi connectivity index (χ1) is 10.8. The number of anilines is 1. The number of para-hydroxylation sites is 1. The zero-order valence-electron chi connectivity index (χ0n) is 16.2. The first-order valence-corrected chi connectivity index (χ1v) is 11.5. The summed E-state index contributed by atoms with van der Waals surface area (Å²) in [7, 11) is -2.03. The Hall–Kier alpha value is -1.33. The third-order valence-corrected chi connectivity index (χ3v) is 9.23. The standard InChI is InChI=1S/C19H31NO3Si/c1-18(2,3)22-17(21)15-16(23-24(7,8)19(4,5)6)13-11-9-10-12-14(13)20-15/h9-12,15-16,20H,1-8H3. The van der Waals surface area contributed by atoms with Crippen LogP contribution in [0.4, 0.5) is 5.69 Å². The normalized spacial score (nSPS) is 21.2. The summed E-state index contributed by atoms with van der Waals surface area (Å²) in [5.41, 5.74) is 1.48. The SMILES string of the molecule is CC(C)(C)OC(=O)C1Nc2ccccc2C1O[Si](C)(C)C(C)(C)C. The molecule has 1 aromatic rings. The van der Waals surface area contributed by atoms with E-state index in [0.29, 0.717) is 0 Å². The average molecular weight is 350 g/mol. The van der Waals surface area contributed by atoms with Crippen LogP contribution in [0.2, 0.25) is 18.1 Å². The molecule has 1 aliphatic rings. The summed E-state index contributed by atoms with van der Waals surface area (Å²) >= 11 is 0. The number of rotatable bonds is 3. The Morgan fingerprint density at radius 3 is 2.21 bits per heavy atom. The number of benzene rings is 1. The third-order valence-electron chi connectivity index (χ3n) is 4.77. The molecule has 0 saturated heterocycles. The molecule has 1 heterocycles. The number of hydrogen-bond acceptors (Lipinski definition) is 4. The molecule has 2 atom stereocenters. The van der Waals surface area contributed by atoms with Crippen molar-refractivity contribution < 1.29 is 14.0 Å². The third kappa shape index (κ3) is 4.01. The van der Waals surface area contributed by atoms with Crippen LogP contribution in [0, 0.1) is 0 Å². The smallest absolute Gasteiger partial charge is 0.332 e. The molecule has 5 heteroatoms. The largest absolute Gasteiger partial charge is 0.458 e. The fourth-order valence-corrected chi connectivity index (χ4v) is 3.72. The van der Waals surface area contributed by atoms with Gasteiger partial charge in [0.15, 0.2) is 14.4 Å². The summed E-state index contributed by atoms with van der Waals surface area (Å²) in [6.45, 7) is 16.7. The van der Waals surface area contributed by atoms with Crippen molar-refractivity contribution in [3.63, 3.8) is 0 Å². The van der Waals surface area contributed by atoms with Crippen LogP contribution in [0.1, 0.15) is 53.2 Å². The number of carbonyl (C=O) groups is 1. The van der Waals surface area contributed by atoms with Gasteiger partial charge in [-0.3, -0.25) is 0 Å². The molecular weight excluding hydrogens is 318 g/mol. The van der Waals surface area contributed by atoms with Crippen LogP contribution in [0.15, 0.2) is 24.3 Å². The van der Waals surface area contributed by atoms with Crippen LogP contribution in [-0.2, 0) is 14.0 Å². The lowest BCUT2D eigenvalue weighted by Gasteiger charge is -2.39. The number of carbonyl (C=O) groups excluding carboxylic acids is 1. The van der Waals surface area contributed by atoms with Gasteiger partial charge in [0.25, 0.3) is 0 Å². The second-order valence-corrected chi connectivity index (χ2v) is 13.8. The van der Waals surface area contributed by atoms with Crippen molar-refractivity contribution in [2.24, 2.45) is 0 Å². The molecule has 4 nitrogen and oxygen atoms in total. The molecule has 1 aromatic carbocycles. The Labute approximate surface area is 147 Å². The molecular formula is C19H31NO3Si. The predicted molar refractivity (Wildman–Crippen MR) is 101 cm³/mol. The van der Waals surface area contributed by atoms with Gasteiger partial charge < -0.3 is 14.5 Å². The molecule has 2 unspecified atom stereocenters. The highest BCUT2D eigenvalue weighted by molar-refractivity contribution is 6.74. The molecule has 0 bridgehead atoms. The Morgan fingerprint density at radius 1 is 1.08 bits per heavy atom. The summed E-state index contributed by atoms with van der Waals surface area (Å²) < 4.78 is 12.2. The Bertz CT molecular complexity index is 614. The van der Waals surface area contributed by atoms with Crippen molar-refractivity contribution in [1.29, 1.82) is 0 Å². The van der Waals surface area contributed by atoms with Crippen molar-refractivity contribution in [1.82, 2.24) is 0 Å². The fraction of sp³-hybridized carbons (Fsp3) is 0.632. The van der Waals surface area contributed by atoms with Crippen LogP contribution < -0.4 is 5.32 Å². The Kier molecular flexibility index (Phi) is 4.90. The zero-order chi connectivity index (χ0) is 18.3. The second kappa shape index (κ2) is 6.19. The summed E-state index contributed by atoms with van der Waals surface area (Å²) in [6.07, 6.45) is -0.308. The molecule has 0 amide bonds. The minimum absolute atomic E-state index is 0.0724. The van der Waals surface area contributed by atoms with Gasteiger partial charge in [0.1, 0.15) is 11.7 Å². The van der Waals surface area contributed by atoms with Gasteiger partial charge in [0.2, 0.25) is 0 Å². The van der Waals surface area contributed by atoms with E-state index in [0.717, 1.165) is 11.3 Å². The van der Waals surface area contributed by atoms with Crippen LogP contribution in [-0.4, -0.2) is 25.9 Å². The molecule has 2 rings (SSSR count). The topological polar surface area (TPSA) is 47.6 Å². The van der Waals surface area contributed by atoms with E-state index in [1.165, 1.54) is 0 Å². The van der Waals surface area contributed by atoms with E-state index in [1.54, 1.807) is 0 Å². The predicted octanol–water partition coefficient (Wildman–Crippen LogP) is 4.89. The first-order valence-electron chi connectivity index (χ1n) is 8.58. The fourth-order valence-electron chi connectivity index (χ4n) is 2.47. The van der Waals surface area contributed by atoms with E-state index in [1.807, 2.05) is 45.0 Å².